The standard InChI is InChI=1S/C16H19N3O/c1-11-7-8-15(12(2)18-11)16(20)19(3)14-6-4-5-13(9-14)10-17/h4-9H,10,17H2,1-3H3. The number of benzene rings is 1. The molecule has 2 rings (SSSR count). The minimum Gasteiger partial charge on any atom is -0.326 e. The first-order valence-electron chi connectivity index (χ1n) is 6.54. The number of pyridine rings is 1. The number of rotatable bonds is 3. The van der Waals surface area contributed by atoms with Gasteiger partial charge in [0.05, 0.1) is 11.3 Å². The first kappa shape index (κ1) is 14.2. The van der Waals surface area contributed by atoms with Crippen molar-refractivity contribution in [1.82, 2.24) is 4.98 Å². The van der Waals surface area contributed by atoms with Crippen LogP contribution in [-0.4, -0.2) is 17.9 Å². The van der Waals surface area contributed by atoms with Gasteiger partial charge < -0.3 is 10.6 Å². The number of amides is 1. The van der Waals surface area contributed by atoms with Gasteiger partial charge in [0.25, 0.3) is 5.91 Å². The van der Waals surface area contributed by atoms with Gasteiger partial charge in [0.2, 0.25) is 0 Å². The molecule has 0 radical (unpaired) electrons. The molecule has 1 amide bonds. The highest BCUT2D eigenvalue weighted by molar-refractivity contribution is 6.06. The van der Waals surface area contributed by atoms with Gasteiger partial charge >= 0.3 is 0 Å². The molecule has 0 aliphatic carbocycles. The fourth-order valence-electron chi connectivity index (χ4n) is 2.10. The molecule has 1 aromatic heterocycles. The van der Waals surface area contributed by atoms with E-state index in [-0.39, 0.29) is 5.91 Å². The topological polar surface area (TPSA) is 59.2 Å². The molecule has 4 nitrogen and oxygen atoms in total. The van der Waals surface area contributed by atoms with Crippen molar-refractivity contribution in [1.29, 1.82) is 0 Å². The van der Waals surface area contributed by atoms with Crippen LogP contribution in [0.3, 0.4) is 0 Å². The molecule has 1 aromatic carbocycles. The predicted molar refractivity (Wildman–Crippen MR) is 80.8 cm³/mol. The minimum atomic E-state index is -0.0656. The highest BCUT2D eigenvalue weighted by atomic mass is 16.2. The minimum absolute atomic E-state index is 0.0656. The molecule has 0 unspecified atom stereocenters. The Labute approximate surface area is 119 Å². The van der Waals surface area contributed by atoms with E-state index < -0.39 is 0 Å². The zero-order chi connectivity index (χ0) is 14.7. The monoisotopic (exact) mass is 269 g/mol. The van der Waals surface area contributed by atoms with E-state index in [4.69, 9.17) is 5.73 Å². The molecule has 0 bridgehead atoms. The lowest BCUT2D eigenvalue weighted by Crippen LogP contribution is -2.27. The number of hydrogen-bond donors (Lipinski definition) is 1. The lowest BCUT2D eigenvalue weighted by molar-refractivity contribution is 0.0992. The van der Waals surface area contributed by atoms with Gasteiger partial charge in [-0.05, 0) is 43.7 Å². The highest BCUT2D eigenvalue weighted by Crippen LogP contribution is 2.18. The molecule has 0 atom stereocenters. The molecule has 0 saturated carbocycles. The SMILES string of the molecule is Cc1ccc(C(=O)N(C)c2cccc(CN)c2)c(C)n1. The van der Waals surface area contributed by atoms with Crippen LogP contribution in [0.25, 0.3) is 0 Å². The lowest BCUT2D eigenvalue weighted by Gasteiger charge is -2.19. The molecule has 20 heavy (non-hydrogen) atoms. The van der Waals surface area contributed by atoms with Crippen LogP contribution in [0.1, 0.15) is 27.3 Å². The van der Waals surface area contributed by atoms with Gasteiger partial charge in [-0.15, -0.1) is 0 Å². The molecule has 4 heteroatoms. The summed E-state index contributed by atoms with van der Waals surface area (Å²) in [6.07, 6.45) is 0. The number of carbonyl (C=O) groups is 1. The summed E-state index contributed by atoms with van der Waals surface area (Å²) >= 11 is 0. The van der Waals surface area contributed by atoms with Crippen LogP contribution >= 0.6 is 0 Å². The number of aryl methyl sites for hydroxylation is 2. The predicted octanol–water partition coefficient (Wildman–Crippen LogP) is 2.43. The summed E-state index contributed by atoms with van der Waals surface area (Å²) in [6, 6.07) is 11.3. The normalized spacial score (nSPS) is 10.4. The lowest BCUT2D eigenvalue weighted by atomic mass is 10.1. The zero-order valence-electron chi connectivity index (χ0n) is 12.1. The molecule has 0 spiro atoms. The Morgan fingerprint density at radius 2 is 2.00 bits per heavy atom. The third kappa shape index (κ3) is 2.86. The third-order valence-corrected chi connectivity index (χ3v) is 3.29. The number of nitrogens with zero attached hydrogens (tertiary/aromatic N) is 2. The van der Waals surface area contributed by atoms with Gasteiger partial charge in [-0.25, -0.2) is 0 Å². The molecule has 1 heterocycles. The fraction of sp³-hybridized carbons (Fsp3) is 0.250. The molecule has 0 fully saturated rings. The second kappa shape index (κ2) is 5.84. The molecular formula is C16H19N3O. The molecule has 2 aromatic rings. The summed E-state index contributed by atoms with van der Waals surface area (Å²) in [4.78, 5) is 18.5. The second-order valence-electron chi connectivity index (χ2n) is 4.82. The Bertz CT molecular complexity index is 637. The van der Waals surface area contributed by atoms with E-state index in [9.17, 15) is 4.79 Å². The van der Waals surface area contributed by atoms with E-state index in [2.05, 4.69) is 4.98 Å². The molecule has 0 aliphatic heterocycles. The first-order chi connectivity index (χ1) is 9.52. The van der Waals surface area contributed by atoms with Crippen molar-refractivity contribution < 1.29 is 4.79 Å². The van der Waals surface area contributed by atoms with Crippen LogP contribution in [0.4, 0.5) is 5.69 Å². The summed E-state index contributed by atoms with van der Waals surface area (Å²) in [5.41, 5.74) is 9.74. The fourth-order valence-corrected chi connectivity index (χ4v) is 2.10. The van der Waals surface area contributed by atoms with E-state index in [0.29, 0.717) is 12.1 Å². The van der Waals surface area contributed by atoms with Gasteiger partial charge in [-0.1, -0.05) is 12.1 Å². The summed E-state index contributed by atoms with van der Waals surface area (Å²) < 4.78 is 0. The maximum atomic E-state index is 12.5. The van der Waals surface area contributed by atoms with Crippen molar-refractivity contribution in [2.24, 2.45) is 5.73 Å². The maximum absolute atomic E-state index is 12.5. The van der Waals surface area contributed by atoms with E-state index in [1.165, 1.54) is 0 Å². The average Bonchev–Trinajstić information content (AvgIpc) is 2.46. The number of aromatic nitrogens is 1. The van der Waals surface area contributed by atoms with Gasteiger partial charge in [0.1, 0.15) is 0 Å². The zero-order valence-corrected chi connectivity index (χ0v) is 12.1. The Balaban J connectivity index is 2.32. The third-order valence-electron chi connectivity index (χ3n) is 3.29. The van der Waals surface area contributed by atoms with Crippen LogP contribution in [0.15, 0.2) is 36.4 Å². The summed E-state index contributed by atoms with van der Waals surface area (Å²) in [6.45, 7) is 4.22. The summed E-state index contributed by atoms with van der Waals surface area (Å²) in [5.74, 6) is -0.0656. The van der Waals surface area contributed by atoms with Crippen molar-refractivity contribution in [3.63, 3.8) is 0 Å². The van der Waals surface area contributed by atoms with Crippen molar-refractivity contribution in [2.75, 3.05) is 11.9 Å². The molecule has 104 valence electrons. The van der Waals surface area contributed by atoms with E-state index in [0.717, 1.165) is 22.6 Å². The van der Waals surface area contributed by atoms with Gasteiger partial charge in [-0.2, -0.15) is 0 Å². The van der Waals surface area contributed by atoms with Crippen LogP contribution < -0.4 is 10.6 Å². The Hall–Kier alpha value is -2.20. The number of nitrogens with two attached hydrogens (primary N) is 1. The van der Waals surface area contributed by atoms with Gasteiger partial charge in [0, 0.05) is 25.0 Å². The van der Waals surface area contributed by atoms with E-state index in [1.807, 2.05) is 50.2 Å². The summed E-state index contributed by atoms with van der Waals surface area (Å²) in [5, 5.41) is 0. The van der Waals surface area contributed by atoms with Crippen molar-refractivity contribution in [3.8, 4) is 0 Å². The largest absolute Gasteiger partial charge is 0.326 e. The smallest absolute Gasteiger partial charge is 0.259 e. The Morgan fingerprint density at radius 1 is 1.25 bits per heavy atom. The Kier molecular flexibility index (Phi) is 4.15. The average molecular weight is 269 g/mol. The number of carbonyl (C=O) groups excluding carboxylic acids is 1. The quantitative estimate of drug-likeness (QED) is 0.931. The van der Waals surface area contributed by atoms with E-state index >= 15 is 0 Å². The van der Waals surface area contributed by atoms with Crippen LogP contribution in [0.5, 0.6) is 0 Å². The van der Waals surface area contributed by atoms with Crippen molar-refractivity contribution in [3.05, 3.63) is 58.9 Å². The van der Waals surface area contributed by atoms with Crippen LogP contribution in [0.2, 0.25) is 0 Å². The number of hydrogen-bond acceptors (Lipinski definition) is 3. The maximum Gasteiger partial charge on any atom is 0.259 e. The van der Waals surface area contributed by atoms with Gasteiger partial charge in [0.15, 0.2) is 0 Å². The molecule has 0 aliphatic rings. The van der Waals surface area contributed by atoms with Crippen molar-refractivity contribution >= 4 is 11.6 Å². The second-order valence-corrected chi connectivity index (χ2v) is 4.82. The summed E-state index contributed by atoms with van der Waals surface area (Å²) in [7, 11) is 1.76. The first-order valence-corrected chi connectivity index (χ1v) is 6.54. The van der Waals surface area contributed by atoms with Crippen LogP contribution in [-0.2, 0) is 6.54 Å². The molecule has 0 saturated heterocycles. The van der Waals surface area contributed by atoms with E-state index in [1.54, 1.807) is 11.9 Å². The molecule has 2 N–H and O–H groups in total. The number of anilines is 1. The molecular weight excluding hydrogens is 250 g/mol. The van der Waals surface area contributed by atoms with Crippen molar-refractivity contribution in [2.45, 2.75) is 20.4 Å². The Morgan fingerprint density at radius 3 is 2.65 bits per heavy atom. The van der Waals surface area contributed by atoms with Crippen LogP contribution in [0, 0.1) is 13.8 Å². The van der Waals surface area contributed by atoms with Gasteiger partial charge in [-0.3, -0.25) is 9.78 Å². The highest BCUT2D eigenvalue weighted by Gasteiger charge is 2.16.